The number of hydrogen-bond donors (Lipinski definition) is 0. The molecule has 0 aliphatic rings. The van der Waals surface area contributed by atoms with E-state index in [2.05, 4.69) is 13.4 Å². The zero-order valence-corrected chi connectivity index (χ0v) is 6.21. The molecule has 42 valence electrons. The molecule has 1 aromatic heterocycles. The maximum absolute atomic E-state index is 4.04. The van der Waals surface area contributed by atoms with Crippen molar-refractivity contribution in [1.82, 2.24) is 4.98 Å². The first-order valence-electron chi connectivity index (χ1n) is 2.21. The molecule has 0 fully saturated rings. The molecular formula is C5H6NPS. The molecule has 1 rings (SSSR count). The van der Waals surface area contributed by atoms with Crippen molar-refractivity contribution in [2.24, 2.45) is 0 Å². The molecule has 1 aromatic rings. The normalized spacial score (nSPS) is 9.12. The molecule has 0 amide bonds. The van der Waals surface area contributed by atoms with Gasteiger partial charge in [0.25, 0.3) is 0 Å². The topological polar surface area (TPSA) is 12.9 Å². The van der Waals surface area contributed by atoms with Crippen molar-refractivity contribution in [2.45, 2.75) is 5.03 Å². The van der Waals surface area contributed by atoms with Gasteiger partial charge in [0.2, 0.25) is 0 Å². The second-order valence-electron chi connectivity index (χ2n) is 1.29. The van der Waals surface area contributed by atoms with Gasteiger partial charge in [0.1, 0.15) is 0 Å². The van der Waals surface area contributed by atoms with Crippen LogP contribution in [0.3, 0.4) is 0 Å². The summed E-state index contributed by atoms with van der Waals surface area (Å²) in [4.78, 5) is 4.04. The Morgan fingerprint density at radius 1 is 1.50 bits per heavy atom. The highest BCUT2D eigenvalue weighted by molar-refractivity contribution is 8.43. The minimum Gasteiger partial charge on any atom is -0.250 e. The fraction of sp³-hybridized carbons (Fsp3) is 0. The van der Waals surface area contributed by atoms with E-state index in [-0.39, 0.29) is 0 Å². The summed E-state index contributed by atoms with van der Waals surface area (Å²) >= 11 is 1.57. The van der Waals surface area contributed by atoms with Crippen LogP contribution in [-0.4, -0.2) is 4.98 Å². The molecule has 0 bridgehead atoms. The van der Waals surface area contributed by atoms with E-state index >= 15 is 0 Å². The third-order valence-corrected chi connectivity index (χ3v) is 1.97. The number of aromatic nitrogens is 1. The molecule has 0 radical (unpaired) electrons. The summed E-state index contributed by atoms with van der Waals surface area (Å²) in [7, 11) is 2.55. The fourth-order valence-electron chi connectivity index (χ4n) is 0.417. The molecule has 0 aromatic carbocycles. The Morgan fingerprint density at radius 2 is 2.38 bits per heavy atom. The van der Waals surface area contributed by atoms with Gasteiger partial charge in [-0.1, -0.05) is 25.9 Å². The summed E-state index contributed by atoms with van der Waals surface area (Å²) in [5.41, 5.74) is 0. The van der Waals surface area contributed by atoms with Gasteiger partial charge in [-0.25, -0.2) is 4.98 Å². The molecule has 0 aliphatic heterocycles. The van der Waals surface area contributed by atoms with Gasteiger partial charge in [-0.15, -0.1) is 0 Å². The highest BCUT2D eigenvalue weighted by atomic mass is 32.7. The third kappa shape index (κ3) is 1.46. The zero-order valence-electron chi connectivity index (χ0n) is 4.24. The molecular weight excluding hydrogens is 137 g/mol. The SMILES string of the molecule is PSc1ccccn1. The maximum atomic E-state index is 4.04. The van der Waals surface area contributed by atoms with E-state index in [0.717, 1.165) is 5.03 Å². The van der Waals surface area contributed by atoms with Crippen molar-refractivity contribution in [2.75, 3.05) is 0 Å². The summed E-state index contributed by atoms with van der Waals surface area (Å²) in [5.74, 6) is 0. The molecule has 1 unspecified atom stereocenters. The highest BCUT2D eigenvalue weighted by Gasteiger charge is 1.82. The Labute approximate surface area is 54.9 Å². The van der Waals surface area contributed by atoms with Gasteiger partial charge in [-0.3, -0.25) is 0 Å². The monoisotopic (exact) mass is 143 g/mol. The Bertz CT molecular complexity index is 154. The van der Waals surface area contributed by atoms with Crippen molar-refractivity contribution in [3.63, 3.8) is 0 Å². The Balaban J connectivity index is 2.83. The lowest BCUT2D eigenvalue weighted by Gasteiger charge is -1.88. The largest absolute Gasteiger partial charge is 0.250 e. The van der Waals surface area contributed by atoms with E-state index in [0.29, 0.717) is 0 Å². The maximum Gasteiger partial charge on any atom is 0.0996 e. The van der Waals surface area contributed by atoms with Crippen LogP contribution >= 0.6 is 19.8 Å². The van der Waals surface area contributed by atoms with E-state index in [1.807, 2.05) is 18.2 Å². The second-order valence-corrected chi connectivity index (χ2v) is 2.65. The summed E-state index contributed by atoms with van der Waals surface area (Å²) in [5, 5.41) is 1.04. The minimum absolute atomic E-state index is 1.04. The van der Waals surface area contributed by atoms with Crippen LogP contribution in [-0.2, 0) is 0 Å². The van der Waals surface area contributed by atoms with Crippen molar-refractivity contribution in [3.8, 4) is 0 Å². The Morgan fingerprint density at radius 3 is 2.75 bits per heavy atom. The molecule has 3 heteroatoms. The van der Waals surface area contributed by atoms with Crippen LogP contribution in [0.5, 0.6) is 0 Å². The van der Waals surface area contributed by atoms with E-state index < -0.39 is 0 Å². The van der Waals surface area contributed by atoms with E-state index in [9.17, 15) is 0 Å². The molecule has 1 nitrogen and oxygen atoms in total. The van der Waals surface area contributed by atoms with E-state index in [4.69, 9.17) is 0 Å². The lowest BCUT2D eigenvalue weighted by molar-refractivity contribution is 1.14. The predicted molar refractivity (Wildman–Crippen MR) is 39.8 cm³/mol. The van der Waals surface area contributed by atoms with Crippen LogP contribution in [0, 0.1) is 0 Å². The molecule has 8 heavy (non-hydrogen) atoms. The Hall–Kier alpha value is -0.0700. The standard InChI is InChI=1S/C5H6NPS/c7-8-5-3-1-2-4-6-5/h1-4H,7H2. The smallest absolute Gasteiger partial charge is 0.0996 e. The van der Waals surface area contributed by atoms with Gasteiger partial charge in [0.15, 0.2) is 0 Å². The second kappa shape index (κ2) is 3.06. The van der Waals surface area contributed by atoms with Crippen LogP contribution in [0.15, 0.2) is 29.4 Å². The van der Waals surface area contributed by atoms with Gasteiger partial charge in [0, 0.05) is 6.20 Å². The number of rotatable bonds is 1. The zero-order chi connectivity index (χ0) is 5.82. The average molecular weight is 143 g/mol. The predicted octanol–water partition coefficient (Wildman–Crippen LogP) is 1.96. The van der Waals surface area contributed by atoms with E-state index in [1.165, 1.54) is 0 Å². The van der Waals surface area contributed by atoms with Crippen molar-refractivity contribution < 1.29 is 0 Å². The lowest BCUT2D eigenvalue weighted by atomic mass is 10.5. The van der Waals surface area contributed by atoms with E-state index in [1.54, 1.807) is 17.6 Å². The first-order valence-corrected chi connectivity index (χ1v) is 4.50. The quantitative estimate of drug-likeness (QED) is 0.557. The third-order valence-electron chi connectivity index (χ3n) is 0.759. The summed E-state index contributed by atoms with van der Waals surface area (Å²) in [6.07, 6.45) is 1.78. The van der Waals surface area contributed by atoms with Crippen LogP contribution < -0.4 is 0 Å². The van der Waals surface area contributed by atoms with Crippen LogP contribution in [0.4, 0.5) is 0 Å². The summed E-state index contributed by atoms with van der Waals surface area (Å²) in [6, 6.07) is 5.85. The van der Waals surface area contributed by atoms with Crippen LogP contribution in [0.25, 0.3) is 0 Å². The van der Waals surface area contributed by atoms with Gasteiger partial charge in [-0.05, 0) is 12.1 Å². The molecule has 0 aliphatic carbocycles. The highest BCUT2D eigenvalue weighted by Crippen LogP contribution is 2.20. The molecule has 0 saturated carbocycles. The van der Waals surface area contributed by atoms with Gasteiger partial charge < -0.3 is 0 Å². The lowest BCUT2D eigenvalue weighted by Crippen LogP contribution is -1.69. The Kier molecular flexibility index (Phi) is 2.31. The molecule has 0 saturated heterocycles. The number of pyridine rings is 1. The first kappa shape index (κ1) is 6.06. The van der Waals surface area contributed by atoms with Gasteiger partial charge in [-0.2, -0.15) is 0 Å². The summed E-state index contributed by atoms with van der Waals surface area (Å²) in [6.45, 7) is 0. The first-order chi connectivity index (χ1) is 3.93. The van der Waals surface area contributed by atoms with Crippen LogP contribution in [0.2, 0.25) is 0 Å². The molecule has 1 atom stereocenters. The van der Waals surface area contributed by atoms with Crippen molar-refractivity contribution >= 4 is 19.8 Å². The van der Waals surface area contributed by atoms with Crippen molar-refractivity contribution in [1.29, 1.82) is 0 Å². The number of hydrogen-bond acceptors (Lipinski definition) is 2. The van der Waals surface area contributed by atoms with Gasteiger partial charge in [0.05, 0.1) is 5.03 Å². The molecule has 1 heterocycles. The van der Waals surface area contributed by atoms with Crippen LogP contribution in [0.1, 0.15) is 0 Å². The number of nitrogens with zero attached hydrogens (tertiary/aromatic N) is 1. The minimum atomic E-state index is 1.04. The molecule has 0 N–H and O–H groups in total. The summed E-state index contributed by atoms with van der Waals surface area (Å²) < 4.78 is 0. The van der Waals surface area contributed by atoms with Crippen molar-refractivity contribution in [3.05, 3.63) is 24.4 Å². The molecule has 0 spiro atoms. The van der Waals surface area contributed by atoms with Gasteiger partial charge >= 0.3 is 0 Å². The fourth-order valence-corrected chi connectivity index (χ4v) is 1.11. The average Bonchev–Trinajstić information content (AvgIpc) is 1.90.